The number of rotatable bonds is 9. The first-order chi connectivity index (χ1) is 17.3. The van der Waals surface area contributed by atoms with Crippen LogP contribution in [0.2, 0.25) is 0 Å². The maximum atomic E-state index is 12.2. The molecule has 0 unspecified atom stereocenters. The molecule has 11 heteroatoms. The van der Waals surface area contributed by atoms with Gasteiger partial charge in [0.15, 0.2) is 18.2 Å². The lowest BCUT2D eigenvalue weighted by Crippen LogP contribution is -2.61. The fraction of sp³-hybridized carbons (Fsp3) is 0.480. The smallest absolute Gasteiger partial charge is 0.338 e. The van der Waals surface area contributed by atoms with E-state index in [1.807, 2.05) is 30.3 Å². The van der Waals surface area contributed by atoms with E-state index in [0.29, 0.717) is 0 Å². The van der Waals surface area contributed by atoms with Gasteiger partial charge in [0.2, 0.25) is 0 Å². The van der Waals surface area contributed by atoms with E-state index in [9.17, 15) is 30.3 Å². The van der Waals surface area contributed by atoms with Crippen molar-refractivity contribution >= 4 is 5.97 Å². The Labute approximate surface area is 207 Å². The molecule has 0 radical (unpaired) electrons. The molecule has 2 aromatic rings. The Kier molecular flexibility index (Phi) is 8.67. The van der Waals surface area contributed by atoms with E-state index in [4.69, 9.17) is 23.7 Å². The minimum atomic E-state index is -1.99. The van der Waals surface area contributed by atoms with Gasteiger partial charge in [0.05, 0.1) is 25.4 Å². The van der Waals surface area contributed by atoms with E-state index in [0.717, 1.165) is 5.56 Å². The van der Waals surface area contributed by atoms with Crippen LogP contribution in [0, 0.1) is 0 Å². The third kappa shape index (κ3) is 5.92. The molecule has 196 valence electrons. The van der Waals surface area contributed by atoms with Crippen LogP contribution in [-0.4, -0.2) is 100 Å². The molecule has 0 saturated carbocycles. The first-order valence-electron chi connectivity index (χ1n) is 11.5. The van der Waals surface area contributed by atoms with Gasteiger partial charge < -0.3 is 49.2 Å². The molecule has 0 spiro atoms. The van der Waals surface area contributed by atoms with Crippen LogP contribution in [0.1, 0.15) is 15.9 Å². The molecule has 0 aromatic heterocycles. The standard InChI is InChI=1S/C25H30O11/c26-11-17-18(27)20(19(28)23(35-17)32-12-15-7-3-1-4-8-15)36-24-21(29)25(31,14-34-24)13-33-22(30)16-9-5-2-6-10-16/h1-10,17-21,23-24,26-29,31H,11-14H2/t17-,18-,19-,20+,21+,23-,24+,25-/m1/s1. The van der Waals surface area contributed by atoms with Crippen LogP contribution >= 0.6 is 0 Å². The Morgan fingerprint density at radius 2 is 1.64 bits per heavy atom. The lowest BCUT2D eigenvalue weighted by molar-refractivity contribution is -0.331. The molecule has 11 nitrogen and oxygen atoms in total. The molecule has 0 amide bonds. The maximum Gasteiger partial charge on any atom is 0.338 e. The van der Waals surface area contributed by atoms with Crippen LogP contribution < -0.4 is 0 Å². The van der Waals surface area contributed by atoms with Crippen LogP contribution in [0.25, 0.3) is 0 Å². The number of benzene rings is 2. The van der Waals surface area contributed by atoms with E-state index < -0.39 is 74.5 Å². The number of carbonyl (C=O) groups is 1. The fourth-order valence-corrected chi connectivity index (χ4v) is 4.00. The maximum absolute atomic E-state index is 12.2. The molecule has 2 heterocycles. The van der Waals surface area contributed by atoms with Crippen molar-refractivity contribution in [3.8, 4) is 0 Å². The summed E-state index contributed by atoms with van der Waals surface area (Å²) in [6.45, 7) is -1.53. The average molecular weight is 507 g/mol. The summed E-state index contributed by atoms with van der Waals surface area (Å²) in [7, 11) is 0. The van der Waals surface area contributed by atoms with E-state index in [2.05, 4.69) is 0 Å². The minimum absolute atomic E-state index is 0.0820. The minimum Gasteiger partial charge on any atom is -0.459 e. The second-order valence-electron chi connectivity index (χ2n) is 8.77. The quantitative estimate of drug-likeness (QED) is 0.274. The van der Waals surface area contributed by atoms with Crippen molar-refractivity contribution in [3.05, 3.63) is 71.8 Å². The molecule has 2 aliphatic heterocycles. The molecular formula is C25H30O11. The predicted molar refractivity (Wildman–Crippen MR) is 121 cm³/mol. The summed E-state index contributed by atoms with van der Waals surface area (Å²) in [5.41, 5.74) is -0.912. The molecular weight excluding hydrogens is 476 g/mol. The molecule has 0 bridgehead atoms. The van der Waals surface area contributed by atoms with Crippen molar-refractivity contribution in [1.29, 1.82) is 0 Å². The molecule has 2 aromatic carbocycles. The van der Waals surface area contributed by atoms with Crippen LogP contribution in [0.4, 0.5) is 0 Å². The first-order valence-corrected chi connectivity index (χ1v) is 11.5. The van der Waals surface area contributed by atoms with Crippen molar-refractivity contribution < 1.29 is 54.0 Å². The third-order valence-electron chi connectivity index (χ3n) is 6.14. The number of aliphatic hydroxyl groups is 5. The van der Waals surface area contributed by atoms with Gasteiger partial charge in [-0.3, -0.25) is 0 Å². The highest BCUT2D eigenvalue weighted by atomic mass is 16.7. The van der Waals surface area contributed by atoms with Crippen molar-refractivity contribution in [2.75, 3.05) is 19.8 Å². The lowest BCUT2D eigenvalue weighted by atomic mass is 9.98. The zero-order chi connectivity index (χ0) is 25.7. The van der Waals surface area contributed by atoms with Crippen molar-refractivity contribution in [1.82, 2.24) is 0 Å². The molecule has 36 heavy (non-hydrogen) atoms. The van der Waals surface area contributed by atoms with Gasteiger partial charge in [-0.05, 0) is 17.7 Å². The van der Waals surface area contributed by atoms with Gasteiger partial charge in [-0.1, -0.05) is 48.5 Å². The van der Waals surface area contributed by atoms with Crippen LogP contribution in [0.15, 0.2) is 60.7 Å². The molecule has 2 saturated heterocycles. The summed E-state index contributed by atoms with van der Waals surface area (Å²) in [6.07, 6.45) is -9.99. The second kappa shape index (κ2) is 11.7. The third-order valence-corrected chi connectivity index (χ3v) is 6.14. The summed E-state index contributed by atoms with van der Waals surface area (Å²) >= 11 is 0. The number of carbonyl (C=O) groups excluding carboxylic acids is 1. The molecule has 0 aliphatic carbocycles. The molecule has 2 aliphatic rings. The van der Waals surface area contributed by atoms with Crippen molar-refractivity contribution in [3.63, 3.8) is 0 Å². The zero-order valence-corrected chi connectivity index (χ0v) is 19.3. The summed E-state index contributed by atoms with van der Waals surface area (Å²) in [5.74, 6) is -0.694. The van der Waals surface area contributed by atoms with Gasteiger partial charge in [0, 0.05) is 0 Å². The highest BCUT2D eigenvalue weighted by Gasteiger charge is 2.53. The number of hydrogen-bond acceptors (Lipinski definition) is 11. The Balaban J connectivity index is 1.37. The van der Waals surface area contributed by atoms with Crippen molar-refractivity contribution in [2.45, 2.75) is 55.3 Å². The van der Waals surface area contributed by atoms with Gasteiger partial charge >= 0.3 is 5.97 Å². The Bertz CT molecular complexity index is 974. The SMILES string of the molecule is O=C(OC[C@@]1(O)CO[C@@H](O[C@@H]2[C@@H](O)[C@H](OCc3ccccc3)O[C@H](CO)[C@H]2O)[C@@H]1O)c1ccccc1. The Hall–Kier alpha value is -2.45. The summed E-state index contributed by atoms with van der Waals surface area (Å²) in [6, 6.07) is 17.2. The molecule has 4 rings (SSSR count). The normalized spacial score (nSPS) is 34.4. The van der Waals surface area contributed by atoms with E-state index in [1.165, 1.54) is 0 Å². The van der Waals surface area contributed by atoms with Gasteiger partial charge in [0.25, 0.3) is 0 Å². The fourth-order valence-electron chi connectivity index (χ4n) is 4.00. The van der Waals surface area contributed by atoms with E-state index >= 15 is 0 Å². The van der Waals surface area contributed by atoms with Gasteiger partial charge in [-0.25, -0.2) is 4.79 Å². The largest absolute Gasteiger partial charge is 0.459 e. The lowest BCUT2D eigenvalue weighted by Gasteiger charge is -2.42. The monoisotopic (exact) mass is 506 g/mol. The highest BCUT2D eigenvalue weighted by molar-refractivity contribution is 5.89. The Morgan fingerprint density at radius 3 is 2.31 bits per heavy atom. The van der Waals surface area contributed by atoms with E-state index in [1.54, 1.807) is 30.3 Å². The molecule has 8 atom stereocenters. The average Bonchev–Trinajstić information content (AvgIpc) is 3.19. The number of aliphatic hydroxyl groups excluding tert-OH is 4. The van der Waals surface area contributed by atoms with Crippen LogP contribution in [0.3, 0.4) is 0 Å². The summed E-state index contributed by atoms with van der Waals surface area (Å²) < 4.78 is 27.3. The summed E-state index contributed by atoms with van der Waals surface area (Å²) in [5, 5.41) is 52.5. The highest BCUT2D eigenvalue weighted by Crippen LogP contribution is 2.32. The Morgan fingerprint density at radius 1 is 0.972 bits per heavy atom. The van der Waals surface area contributed by atoms with Gasteiger partial charge in [0.1, 0.15) is 37.1 Å². The van der Waals surface area contributed by atoms with E-state index in [-0.39, 0.29) is 12.2 Å². The van der Waals surface area contributed by atoms with Crippen molar-refractivity contribution in [2.24, 2.45) is 0 Å². The van der Waals surface area contributed by atoms with Gasteiger partial charge in [-0.2, -0.15) is 0 Å². The number of esters is 1. The van der Waals surface area contributed by atoms with Crippen LogP contribution in [-0.2, 0) is 30.3 Å². The van der Waals surface area contributed by atoms with Crippen LogP contribution in [0.5, 0.6) is 0 Å². The predicted octanol–water partition coefficient (Wildman–Crippen LogP) is -0.667. The van der Waals surface area contributed by atoms with Gasteiger partial charge in [-0.15, -0.1) is 0 Å². The zero-order valence-electron chi connectivity index (χ0n) is 19.3. The summed E-state index contributed by atoms with van der Waals surface area (Å²) in [4.78, 5) is 12.2. The second-order valence-corrected chi connectivity index (χ2v) is 8.77. The molecule has 2 fully saturated rings. The first kappa shape index (κ1) is 26.6. The molecule has 5 N–H and O–H groups in total. The topological polar surface area (TPSA) is 164 Å². The number of ether oxygens (including phenoxy) is 5. The number of hydrogen-bond donors (Lipinski definition) is 5.